The quantitative estimate of drug-likeness (QED) is 0.654. The molecular weight excluding hydrogens is 338 g/mol. The van der Waals surface area contributed by atoms with Gasteiger partial charge in [0.25, 0.3) is 0 Å². The molecule has 1 aliphatic heterocycles. The maximum Gasteiger partial charge on any atom is 0.141 e. The van der Waals surface area contributed by atoms with Gasteiger partial charge in [-0.05, 0) is 50.5 Å². The van der Waals surface area contributed by atoms with Crippen LogP contribution in [0.3, 0.4) is 0 Å². The molecule has 0 N–H and O–H groups in total. The third kappa shape index (κ3) is 2.99. The SMILES string of the molecule is COc1cc2c(cc1-c1c(C)noc1C)CC=CN2C(C)c1cccnc1. The molecule has 0 saturated carbocycles. The van der Waals surface area contributed by atoms with Crippen molar-refractivity contribution in [2.45, 2.75) is 33.2 Å². The van der Waals surface area contributed by atoms with E-state index in [-0.39, 0.29) is 6.04 Å². The van der Waals surface area contributed by atoms with E-state index in [4.69, 9.17) is 9.26 Å². The van der Waals surface area contributed by atoms with Crippen molar-refractivity contribution in [2.24, 2.45) is 0 Å². The Kier molecular flexibility index (Phi) is 4.44. The highest BCUT2D eigenvalue weighted by Crippen LogP contribution is 2.42. The Labute approximate surface area is 159 Å². The summed E-state index contributed by atoms with van der Waals surface area (Å²) < 4.78 is 11.1. The standard InChI is InChI=1S/C22H23N3O2/c1-14-22(16(3)27-24-14)19-11-17-8-6-10-25(20(17)12-21(19)26-4)15(2)18-7-5-9-23-13-18/h5-7,9-13,15H,8H2,1-4H3. The zero-order valence-electron chi connectivity index (χ0n) is 16.1. The topological polar surface area (TPSA) is 51.4 Å². The van der Waals surface area contributed by atoms with Crippen LogP contribution in [-0.2, 0) is 6.42 Å². The van der Waals surface area contributed by atoms with Crippen molar-refractivity contribution in [3.8, 4) is 16.9 Å². The smallest absolute Gasteiger partial charge is 0.141 e. The molecule has 0 bridgehead atoms. The highest BCUT2D eigenvalue weighted by atomic mass is 16.5. The lowest BCUT2D eigenvalue weighted by molar-refractivity contribution is 0.393. The Morgan fingerprint density at radius 2 is 2.11 bits per heavy atom. The molecule has 0 aliphatic carbocycles. The maximum absolute atomic E-state index is 5.75. The van der Waals surface area contributed by atoms with Gasteiger partial charge in [0.2, 0.25) is 0 Å². The number of aryl methyl sites for hydroxylation is 2. The molecule has 3 aromatic rings. The minimum Gasteiger partial charge on any atom is -0.496 e. The van der Waals surface area contributed by atoms with Crippen LogP contribution in [0.2, 0.25) is 0 Å². The zero-order chi connectivity index (χ0) is 19.0. The Balaban J connectivity index is 1.81. The third-order valence-corrected chi connectivity index (χ3v) is 5.17. The van der Waals surface area contributed by atoms with E-state index >= 15 is 0 Å². The number of pyridine rings is 1. The average molecular weight is 361 g/mol. The average Bonchev–Trinajstić information content (AvgIpc) is 3.04. The number of allylic oxidation sites excluding steroid dienone is 1. The van der Waals surface area contributed by atoms with Gasteiger partial charge in [-0.1, -0.05) is 17.3 Å². The van der Waals surface area contributed by atoms with E-state index in [1.807, 2.05) is 26.1 Å². The van der Waals surface area contributed by atoms with Crippen molar-refractivity contribution < 1.29 is 9.26 Å². The van der Waals surface area contributed by atoms with Crippen LogP contribution in [-0.4, -0.2) is 17.3 Å². The molecule has 138 valence electrons. The number of nitrogens with zero attached hydrogens (tertiary/aromatic N) is 3. The number of ether oxygens (including phenoxy) is 1. The molecule has 3 heterocycles. The molecule has 2 aromatic heterocycles. The fourth-order valence-corrected chi connectivity index (χ4v) is 3.74. The van der Waals surface area contributed by atoms with Crippen molar-refractivity contribution >= 4 is 5.69 Å². The largest absolute Gasteiger partial charge is 0.496 e. The van der Waals surface area contributed by atoms with Gasteiger partial charge in [-0.2, -0.15) is 0 Å². The number of anilines is 1. The van der Waals surface area contributed by atoms with Gasteiger partial charge in [0.05, 0.1) is 24.4 Å². The Bertz CT molecular complexity index is 973. The number of methoxy groups -OCH3 is 1. The molecule has 1 atom stereocenters. The Morgan fingerprint density at radius 3 is 2.78 bits per heavy atom. The zero-order valence-corrected chi connectivity index (χ0v) is 16.1. The van der Waals surface area contributed by atoms with Gasteiger partial charge >= 0.3 is 0 Å². The summed E-state index contributed by atoms with van der Waals surface area (Å²) in [6.45, 7) is 6.08. The predicted octanol–water partition coefficient (Wildman–Crippen LogP) is 5.00. The number of hydrogen-bond acceptors (Lipinski definition) is 5. The molecule has 4 rings (SSSR count). The summed E-state index contributed by atoms with van der Waals surface area (Å²) >= 11 is 0. The summed E-state index contributed by atoms with van der Waals surface area (Å²) in [7, 11) is 1.71. The van der Waals surface area contributed by atoms with Crippen LogP contribution in [0.1, 0.15) is 35.5 Å². The summed E-state index contributed by atoms with van der Waals surface area (Å²) in [4.78, 5) is 6.54. The molecule has 5 heteroatoms. The summed E-state index contributed by atoms with van der Waals surface area (Å²) in [6, 6.07) is 8.57. The first kappa shape index (κ1) is 17.3. The Hall–Kier alpha value is -3.08. The van der Waals surface area contributed by atoms with Gasteiger partial charge in [-0.15, -0.1) is 0 Å². The van der Waals surface area contributed by atoms with E-state index < -0.39 is 0 Å². The lowest BCUT2D eigenvalue weighted by atomic mass is 9.95. The number of hydrogen-bond donors (Lipinski definition) is 0. The lowest BCUT2D eigenvalue weighted by Gasteiger charge is -2.33. The molecule has 0 saturated heterocycles. The molecule has 0 fully saturated rings. The van der Waals surface area contributed by atoms with Gasteiger partial charge in [-0.3, -0.25) is 4.98 Å². The lowest BCUT2D eigenvalue weighted by Crippen LogP contribution is -2.24. The van der Waals surface area contributed by atoms with E-state index in [2.05, 4.69) is 52.4 Å². The van der Waals surface area contributed by atoms with Crippen LogP contribution < -0.4 is 9.64 Å². The second-order valence-corrected chi connectivity index (χ2v) is 6.84. The summed E-state index contributed by atoms with van der Waals surface area (Å²) in [5.74, 6) is 1.62. The first-order chi connectivity index (χ1) is 13.1. The first-order valence-corrected chi connectivity index (χ1v) is 9.09. The summed E-state index contributed by atoms with van der Waals surface area (Å²) in [5.41, 5.74) is 6.49. The van der Waals surface area contributed by atoms with E-state index in [0.29, 0.717) is 0 Å². The summed E-state index contributed by atoms with van der Waals surface area (Å²) in [6.07, 6.45) is 8.94. The van der Waals surface area contributed by atoms with Gasteiger partial charge in [0, 0.05) is 35.9 Å². The van der Waals surface area contributed by atoms with Gasteiger partial charge in [0.15, 0.2) is 0 Å². The van der Waals surface area contributed by atoms with E-state index in [9.17, 15) is 0 Å². The van der Waals surface area contributed by atoms with E-state index in [1.54, 1.807) is 13.3 Å². The van der Waals surface area contributed by atoms with Crippen LogP contribution in [0.5, 0.6) is 5.75 Å². The third-order valence-electron chi connectivity index (χ3n) is 5.17. The van der Waals surface area contributed by atoms with Gasteiger partial charge in [-0.25, -0.2) is 0 Å². The number of aromatic nitrogens is 2. The second kappa shape index (κ2) is 6.91. The normalized spacial score (nSPS) is 14.1. The minimum absolute atomic E-state index is 0.170. The fraction of sp³-hybridized carbons (Fsp3) is 0.273. The maximum atomic E-state index is 5.75. The molecule has 0 spiro atoms. The van der Waals surface area contributed by atoms with Crippen LogP contribution in [0, 0.1) is 13.8 Å². The molecule has 0 radical (unpaired) electrons. The molecule has 5 nitrogen and oxygen atoms in total. The van der Waals surface area contributed by atoms with Crippen LogP contribution in [0.25, 0.3) is 11.1 Å². The first-order valence-electron chi connectivity index (χ1n) is 9.09. The molecule has 1 aromatic carbocycles. The fourth-order valence-electron chi connectivity index (χ4n) is 3.74. The van der Waals surface area contributed by atoms with Crippen molar-refractivity contribution in [2.75, 3.05) is 12.0 Å². The van der Waals surface area contributed by atoms with Crippen molar-refractivity contribution in [1.29, 1.82) is 0 Å². The van der Waals surface area contributed by atoms with Gasteiger partial charge < -0.3 is 14.2 Å². The predicted molar refractivity (Wildman–Crippen MR) is 106 cm³/mol. The van der Waals surface area contributed by atoms with Crippen molar-refractivity contribution in [1.82, 2.24) is 10.1 Å². The van der Waals surface area contributed by atoms with E-state index in [0.717, 1.165) is 40.4 Å². The highest BCUT2D eigenvalue weighted by molar-refractivity contribution is 5.79. The molecular formula is C22H23N3O2. The molecule has 1 unspecified atom stereocenters. The number of rotatable bonds is 4. The monoisotopic (exact) mass is 361 g/mol. The number of fused-ring (bicyclic) bond motifs is 1. The van der Waals surface area contributed by atoms with Crippen molar-refractivity contribution in [3.05, 3.63) is 71.5 Å². The second-order valence-electron chi connectivity index (χ2n) is 6.84. The minimum atomic E-state index is 0.170. The van der Waals surface area contributed by atoms with Crippen LogP contribution >= 0.6 is 0 Å². The van der Waals surface area contributed by atoms with Gasteiger partial charge in [0.1, 0.15) is 11.5 Å². The van der Waals surface area contributed by atoms with E-state index in [1.165, 1.54) is 11.1 Å². The highest BCUT2D eigenvalue weighted by Gasteiger charge is 2.24. The van der Waals surface area contributed by atoms with Crippen molar-refractivity contribution in [3.63, 3.8) is 0 Å². The molecule has 27 heavy (non-hydrogen) atoms. The molecule has 1 aliphatic rings. The van der Waals surface area contributed by atoms with Crippen LogP contribution in [0.4, 0.5) is 5.69 Å². The van der Waals surface area contributed by atoms with Crippen LogP contribution in [0.15, 0.2) is 53.5 Å². The molecule has 0 amide bonds. The Morgan fingerprint density at radius 1 is 1.26 bits per heavy atom. The number of benzene rings is 1. The summed E-state index contributed by atoms with van der Waals surface area (Å²) in [5, 5.41) is 4.10.